The summed E-state index contributed by atoms with van der Waals surface area (Å²) in [6, 6.07) is 14.9. The zero-order chi connectivity index (χ0) is 19.3. The van der Waals surface area contributed by atoms with Crippen molar-refractivity contribution >= 4 is 28.9 Å². The minimum atomic E-state index is -0.186. The SMILES string of the molecule is O=C(Nc1ccc(NCC2CCCC2)cc1)c1cccc(NC(=O)C2CC2)c1. The Labute approximate surface area is 165 Å². The van der Waals surface area contributed by atoms with Gasteiger partial charge in [0.1, 0.15) is 0 Å². The first-order chi connectivity index (χ1) is 13.7. The van der Waals surface area contributed by atoms with Crippen LogP contribution in [0.15, 0.2) is 48.5 Å². The van der Waals surface area contributed by atoms with Crippen LogP contribution < -0.4 is 16.0 Å². The Balaban J connectivity index is 1.32. The number of rotatable bonds is 7. The monoisotopic (exact) mass is 377 g/mol. The van der Waals surface area contributed by atoms with E-state index >= 15 is 0 Å². The summed E-state index contributed by atoms with van der Waals surface area (Å²) in [5.41, 5.74) is 3.02. The van der Waals surface area contributed by atoms with Crippen LogP contribution in [-0.4, -0.2) is 18.4 Å². The maximum atomic E-state index is 12.5. The molecule has 0 radical (unpaired) electrons. The number of benzene rings is 2. The van der Waals surface area contributed by atoms with Gasteiger partial charge < -0.3 is 16.0 Å². The molecule has 2 amide bonds. The third-order valence-corrected chi connectivity index (χ3v) is 5.55. The average Bonchev–Trinajstić information content (AvgIpc) is 3.44. The van der Waals surface area contributed by atoms with E-state index < -0.39 is 0 Å². The first-order valence-electron chi connectivity index (χ1n) is 10.2. The summed E-state index contributed by atoms with van der Waals surface area (Å²) < 4.78 is 0. The highest BCUT2D eigenvalue weighted by Crippen LogP contribution is 2.30. The van der Waals surface area contributed by atoms with Crippen LogP contribution >= 0.6 is 0 Å². The summed E-state index contributed by atoms with van der Waals surface area (Å²) in [5.74, 6) is 0.776. The summed E-state index contributed by atoms with van der Waals surface area (Å²) in [6.45, 7) is 1.02. The molecule has 0 unspecified atom stereocenters. The largest absolute Gasteiger partial charge is 0.385 e. The fraction of sp³-hybridized carbons (Fsp3) is 0.391. The Bertz CT molecular complexity index is 837. The van der Waals surface area contributed by atoms with Gasteiger partial charge in [-0.05, 0) is 74.1 Å². The molecule has 0 bridgehead atoms. The molecule has 146 valence electrons. The molecule has 0 aromatic heterocycles. The average molecular weight is 377 g/mol. The first-order valence-corrected chi connectivity index (χ1v) is 10.2. The molecule has 0 saturated heterocycles. The minimum absolute atomic E-state index is 0.0400. The van der Waals surface area contributed by atoms with Gasteiger partial charge in [-0.15, -0.1) is 0 Å². The lowest BCUT2D eigenvalue weighted by molar-refractivity contribution is -0.117. The van der Waals surface area contributed by atoms with Crippen molar-refractivity contribution in [2.45, 2.75) is 38.5 Å². The predicted octanol–water partition coefficient (Wildman–Crippen LogP) is 4.89. The maximum Gasteiger partial charge on any atom is 0.255 e. The van der Waals surface area contributed by atoms with Gasteiger partial charge in [0.2, 0.25) is 5.91 Å². The van der Waals surface area contributed by atoms with E-state index in [0.29, 0.717) is 11.3 Å². The Kier molecular flexibility index (Phi) is 5.60. The summed E-state index contributed by atoms with van der Waals surface area (Å²) in [5, 5.41) is 9.28. The second-order valence-electron chi connectivity index (χ2n) is 7.91. The quantitative estimate of drug-likeness (QED) is 0.643. The second-order valence-corrected chi connectivity index (χ2v) is 7.91. The van der Waals surface area contributed by atoms with Crippen molar-refractivity contribution in [2.24, 2.45) is 11.8 Å². The topological polar surface area (TPSA) is 70.2 Å². The number of carbonyl (C=O) groups is 2. The van der Waals surface area contributed by atoms with Gasteiger partial charge in [0, 0.05) is 35.1 Å². The summed E-state index contributed by atoms with van der Waals surface area (Å²) in [6.07, 6.45) is 7.25. The molecular weight excluding hydrogens is 350 g/mol. The van der Waals surface area contributed by atoms with Gasteiger partial charge in [-0.3, -0.25) is 9.59 Å². The van der Waals surface area contributed by atoms with Crippen LogP contribution in [-0.2, 0) is 4.79 Å². The van der Waals surface area contributed by atoms with Crippen molar-refractivity contribution in [3.8, 4) is 0 Å². The fourth-order valence-electron chi connectivity index (χ4n) is 3.68. The van der Waals surface area contributed by atoms with Crippen molar-refractivity contribution in [1.82, 2.24) is 0 Å². The highest BCUT2D eigenvalue weighted by atomic mass is 16.2. The lowest BCUT2D eigenvalue weighted by atomic mass is 10.1. The number of carbonyl (C=O) groups excluding carboxylic acids is 2. The summed E-state index contributed by atoms with van der Waals surface area (Å²) in [7, 11) is 0. The smallest absolute Gasteiger partial charge is 0.255 e. The normalized spacial score (nSPS) is 16.6. The van der Waals surface area contributed by atoms with Crippen LogP contribution in [0.5, 0.6) is 0 Å². The predicted molar refractivity (Wildman–Crippen MR) is 113 cm³/mol. The van der Waals surface area contributed by atoms with E-state index in [2.05, 4.69) is 16.0 Å². The van der Waals surface area contributed by atoms with Crippen molar-refractivity contribution in [1.29, 1.82) is 0 Å². The van der Waals surface area contributed by atoms with Gasteiger partial charge in [-0.1, -0.05) is 18.9 Å². The molecule has 2 aliphatic rings. The van der Waals surface area contributed by atoms with Gasteiger partial charge >= 0.3 is 0 Å². The Hall–Kier alpha value is -2.82. The van der Waals surface area contributed by atoms with Crippen molar-refractivity contribution in [3.05, 3.63) is 54.1 Å². The fourth-order valence-corrected chi connectivity index (χ4v) is 3.68. The van der Waals surface area contributed by atoms with E-state index in [-0.39, 0.29) is 17.7 Å². The number of hydrogen-bond donors (Lipinski definition) is 3. The number of anilines is 3. The van der Waals surface area contributed by atoms with E-state index in [1.165, 1.54) is 25.7 Å². The third-order valence-electron chi connectivity index (χ3n) is 5.55. The van der Waals surface area contributed by atoms with Crippen LogP contribution in [0.25, 0.3) is 0 Å². The van der Waals surface area contributed by atoms with Crippen LogP contribution in [0.1, 0.15) is 48.9 Å². The number of nitrogens with one attached hydrogen (secondary N) is 3. The van der Waals surface area contributed by atoms with Gasteiger partial charge in [0.05, 0.1) is 0 Å². The molecular formula is C23H27N3O2. The molecule has 2 aromatic rings. The van der Waals surface area contributed by atoms with Crippen LogP contribution in [0.2, 0.25) is 0 Å². The Morgan fingerprint density at radius 2 is 1.54 bits per heavy atom. The molecule has 0 spiro atoms. The molecule has 2 aromatic carbocycles. The molecule has 0 heterocycles. The minimum Gasteiger partial charge on any atom is -0.385 e. The highest BCUT2D eigenvalue weighted by Gasteiger charge is 2.29. The molecule has 0 aliphatic heterocycles. The lowest BCUT2D eigenvalue weighted by Gasteiger charge is -2.12. The van der Waals surface area contributed by atoms with Gasteiger partial charge in [0.15, 0.2) is 0 Å². The molecule has 2 fully saturated rings. The lowest BCUT2D eigenvalue weighted by Crippen LogP contribution is -2.15. The van der Waals surface area contributed by atoms with E-state index in [9.17, 15) is 9.59 Å². The van der Waals surface area contributed by atoms with Crippen LogP contribution in [0, 0.1) is 11.8 Å². The number of amides is 2. The van der Waals surface area contributed by atoms with Crippen molar-refractivity contribution in [3.63, 3.8) is 0 Å². The first kappa shape index (κ1) is 18.5. The van der Waals surface area contributed by atoms with Crippen molar-refractivity contribution in [2.75, 3.05) is 22.5 Å². The van der Waals surface area contributed by atoms with Crippen LogP contribution in [0.3, 0.4) is 0 Å². The zero-order valence-corrected chi connectivity index (χ0v) is 16.0. The highest BCUT2D eigenvalue weighted by molar-refractivity contribution is 6.05. The van der Waals surface area contributed by atoms with E-state index in [1.807, 2.05) is 30.3 Å². The Morgan fingerprint density at radius 1 is 0.821 bits per heavy atom. The van der Waals surface area contributed by atoms with E-state index in [4.69, 9.17) is 0 Å². The molecule has 2 saturated carbocycles. The Morgan fingerprint density at radius 3 is 2.25 bits per heavy atom. The molecule has 3 N–H and O–H groups in total. The maximum absolute atomic E-state index is 12.5. The summed E-state index contributed by atoms with van der Waals surface area (Å²) >= 11 is 0. The molecule has 0 atom stereocenters. The molecule has 5 heteroatoms. The molecule has 5 nitrogen and oxygen atoms in total. The second kappa shape index (κ2) is 8.46. The van der Waals surface area contributed by atoms with Crippen LogP contribution in [0.4, 0.5) is 17.1 Å². The molecule has 4 rings (SSSR count). The zero-order valence-electron chi connectivity index (χ0n) is 16.0. The van der Waals surface area contributed by atoms with Gasteiger partial charge in [0.25, 0.3) is 5.91 Å². The number of hydrogen-bond acceptors (Lipinski definition) is 3. The third kappa shape index (κ3) is 4.91. The van der Waals surface area contributed by atoms with Crippen molar-refractivity contribution < 1.29 is 9.59 Å². The van der Waals surface area contributed by atoms with E-state index in [0.717, 1.165) is 36.7 Å². The van der Waals surface area contributed by atoms with Gasteiger partial charge in [-0.25, -0.2) is 0 Å². The summed E-state index contributed by atoms with van der Waals surface area (Å²) in [4.78, 5) is 24.4. The standard InChI is InChI=1S/C23H27N3O2/c27-22(17-8-9-17)26-21-7-3-6-18(14-21)23(28)25-20-12-10-19(11-13-20)24-15-16-4-1-2-5-16/h3,6-7,10-14,16-17,24H,1-2,4-5,8-9,15H2,(H,25,28)(H,26,27). The van der Waals surface area contributed by atoms with E-state index in [1.54, 1.807) is 18.2 Å². The van der Waals surface area contributed by atoms with Gasteiger partial charge in [-0.2, -0.15) is 0 Å². The molecule has 28 heavy (non-hydrogen) atoms. The molecule has 2 aliphatic carbocycles.